The zero-order valence-electron chi connectivity index (χ0n) is 17.3. The number of benzene rings is 1. The third kappa shape index (κ3) is 4.02. The summed E-state index contributed by atoms with van der Waals surface area (Å²) in [5, 5.41) is 4.45. The maximum Gasteiger partial charge on any atom is 0.435 e. The molecular formula is C23H26ClF3N4. The van der Waals surface area contributed by atoms with Crippen LogP contribution < -0.4 is 5.32 Å². The molecule has 2 aliphatic rings. The molecule has 0 spiro atoms. The molecule has 1 N–H and O–H groups in total. The second-order valence-electron chi connectivity index (χ2n) is 8.90. The van der Waals surface area contributed by atoms with E-state index in [1.165, 1.54) is 6.07 Å². The van der Waals surface area contributed by atoms with E-state index in [1.807, 2.05) is 0 Å². The number of aryl methyl sites for hydroxylation is 1. The van der Waals surface area contributed by atoms with Gasteiger partial charge in [0.15, 0.2) is 5.69 Å². The summed E-state index contributed by atoms with van der Waals surface area (Å²) in [5.74, 6) is 1.60. The lowest BCUT2D eigenvalue weighted by atomic mass is 9.94. The van der Waals surface area contributed by atoms with E-state index >= 15 is 0 Å². The lowest BCUT2D eigenvalue weighted by Gasteiger charge is -2.23. The van der Waals surface area contributed by atoms with Crippen molar-refractivity contribution in [1.82, 2.24) is 19.9 Å². The number of nitrogens with one attached hydrogen (secondary N) is 1. The lowest BCUT2D eigenvalue weighted by molar-refractivity contribution is -0.139. The highest BCUT2D eigenvalue weighted by atomic mass is 35.5. The first kappa shape index (κ1) is 21.0. The van der Waals surface area contributed by atoms with Gasteiger partial charge in [-0.15, -0.1) is 0 Å². The van der Waals surface area contributed by atoms with Gasteiger partial charge in [-0.3, -0.25) is 0 Å². The van der Waals surface area contributed by atoms with Gasteiger partial charge in [0, 0.05) is 22.9 Å². The largest absolute Gasteiger partial charge is 0.435 e. The second-order valence-corrected chi connectivity index (χ2v) is 9.34. The number of hydrogen-bond acceptors (Lipinski definition) is 3. The van der Waals surface area contributed by atoms with E-state index in [-0.39, 0.29) is 17.0 Å². The Morgan fingerprint density at radius 2 is 1.81 bits per heavy atom. The molecule has 0 bridgehead atoms. The molecule has 1 aliphatic heterocycles. The Kier molecular flexibility index (Phi) is 5.59. The molecule has 4 nitrogen and oxygen atoms in total. The van der Waals surface area contributed by atoms with Gasteiger partial charge in [0.05, 0.1) is 11.0 Å². The van der Waals surface area contributed by atoms with Crippen LogP contribution in [0.5, 0.6) is 0 Å². The van der Waals surface area contributed by atoms with Crippen LogP contribution in [0.4, 0.5) is 13.2 Å². The molecule has 1 aromatic carbocycles. The third-order valence-corrected chi connectivity index (χ3v) is 7.11. The number of fused-ring (bicyclic) bond motifs is 3. The fourth-order valence-corrected chi connectivity index (χ4v) is 5.45. The molecule has 3 heterocycles. The lowest BCUT2D eigenvalue weighted by Crippen LogP contribution is -2.28. The van der Waals surface area contributed by atoms with Crippen molar-refractivity contribution in [3.8, 4) is 0 Å². The standard InChI is InChI=1S/C23H26ClF3N4/c24-16-5-6-17-18(13-16)29-21(23(25,26)27)19-20(17)31(12-9-14-7-10-28-11-8-14)22(30-19)15-3-1-2-4-15/h5-6,13-15,28H,1-4,7-12H2. The predicted octanol–water partition coefficient (Wildman–Crippen LogP) is 6.30. The van der Waals surface area contributed by atoms with Gasteiger partial charge in [0.2, 0.25) is 0 Å². The molecule has 8 heteroatoms. The molecule has 1 aliphatic carbocycles. The van der Waals surface area contributed by atoms with Crippen molar-refractivity contribution in [3.05, 3.63) is 34.7 Å². The van der Waals surface area contributed by atoms with Crippen LogP contribution in [0.1, 0.15) is 62.4 Å². The summed E-state index contributed by atoms with van der Waals surface area (Å²) in [6.07, 6.45) is 2.76. The fraction of sp³-hybridized carbons (Fsp3) is 0.565. The number of rotatable bonds is 4. The highest BCUT2D eigenvalue weighted by molar-refractivity contribution is 6.31. The molecule has 166 valence electrons. The highest BCUT2D eigenvalue weighted by Gasteiger charge is 2.38. The van der Waals surface area contributed by atoms with E-state index in [1.54, 1.807) is 12.1 Å². The Bertz CT molecular complexity index is 1100. The minimum absolute atomic E-state index is 0.0190. The zero-order chi connectivity index (χ0) is 21.6. The highest BCUT2D eigenvalue weighted by Crippen LogP contribution is 2.41. The van der Waals surface area contributed by atoms with Crippen LogP contribution in [-0.2, 0) is 12.7 Å². The Labute approximate surface area is 184 Å². The summed E-state index contributed by atoms with van der Waals surface area (Å²) >= 11 is 6.10. The molecule has 1 saturated carbocycles. The molecular weight excluding hydrogens is 425 g/mol. The van der Waals surface area contributed by atoms with Gasteiger partial charge in [-0.2, -0.15) is 13.2 Å². The van der Waals surface area contributed by atoms with Crippen LogP contribution in [0.15, 0.2) is 18.2 Å². The van der Waals surface area contributed by atoms with Gasteiger partial charge in [0.1, 0.15) is 11.3 Å². The number of aromatic nitrogens is 3. The number of piperidine rings is 1. The van der Waals surface area contributed by atoms with Crippen molar-refractivity contribution in [1.29, 1.82) is 0 Å². The quantitative estimate of drug-likeness (QED) is 0.507. The molecule has 5 rings (SSSR count). The Hall–Kier alpha value is -1.86. The smallest absolute Gasteiger partial charge is 0.327 e. The van der Waals surface area contributed by atoms with Crippen molar-refractivity contribution >= 4 is 33.5 Å². The maximum atomic E-state index is 14.0. The molecule has 0 amide bonds. The number of imidazole rings is 1. The Morgan fingerprint density at radius 1 is 1.06 bits per heavy atom. The van der Waals surface area contributed by atoms with Crippen LogP contribution in [-0.4, -0.2) is 27.6 Å². The minimum atomic E-state index is -4.57. The van der Waals surface area contributed by atoms with E-state index in [4.69, 9.17) is 11.6 Å². The topological polar surface area (TPSA) is 42.7 Å². The van der Waals surface area contributed by atoms with Gasteiger partial charge in [-0.05, 0) is 69.3 Å². The van der Waals surface area contributed by atoms with Crippen molar-refractivity contribution < 1.29 is 13.2 Å². The summed E-state index contributed by atoms with van der Waals surface area (Å²) in [4.78, 5) is 8.61. The number of halogens is 4. The normalized spacial score (nSPS) is 19.1. The molecule has 0 atom stereocenters. The number of nitrogens with zero attached hydrogens (tertiary/aromatic N) is 3. The number of pyridine rings is 1. The SMILES string of the molecule is FC(F)(F)c1nc2cc(Cl)ccc2c2c1nc(C1CCCC1)n2CCC1CCNCC1. The zero-order valence-corrected chi connectivity index (χ0v) is 18.1. The average Bonchev–Trinajstić information content (AvgIpc) is 3.39. The summed E-state index contributed by atoms with van der Waals surface area (Å²) in [7, 11) is 0. The number of alkyl halides is 3. The van der Waals surface area contributed by atoms with Gasteiger partial charge in [0.25, 0.3) is 0 Å². The molecule has 2 fully saturated rings. The molecule has 3 aromatic rings. The summed E-state index contributed by atoms with van der Waals surface area (Å²) in [6, 6.07) is 5.02. The van der Waals surface area contributed by atoms with E-state index in [9.17, 15) is 13.2 Å². The fourth-order valence-electron chi connectivity index (χ4n) is 5.28. The van der Waals surface area contributed by atoms with Crippen LogP contribution in [0.3, 0.4) is 0 Å². The first-order valence-electron chi connectivity index (χ1n) is 11.2. The van der Waals surface area contributed by atoms with Gasteiger partial charge in [-0.1, -0.05) is 24.4 Å². The molecule has 2 aromatic heterocycles. The molecule has 0 radical (unpaired) electrons. The van der Waals surface area contributed by atoms with Gasteiger partial charge < -0.3 is 9.88 Å². The van der Waals surface area contributed by atoms with Crippen molar-refractivity contribution in [2.45, 2.75) is 63.6 Å². The molecule has 31 heavy (non-hydrogen) atoms. The van der Waals surface area contributed by atoms with Crippen molar-refractivity contribution in [3.63, 3.8) is 0 Å². The van der Waals surface area contributed by atoms with Crippen molar-refractivity contribution in [2.75, 3.05) is 13.1 Å². The van der Waals surface area contributed by atoms with Crippen LogP contribution in [0.2, 0.25) is 5.02 Å². The predicted molar refractivity (Wildman–Crippen MR) is 116 cm³/mol. The monoisotopic (exact) mass is 450 g/mol. The molecule has 1 saturated heterocycles. The first-order chi connectivity index (χ1) is 14.9. The van der Waals surface area contributed by atoms with Crippen LogP contribution in [0.25, 0.3) is 21.9 Å². The third-order valence-electron chi connectivity index (χ3n) is 6.88. The van der Waals surface area contributed by atoms with Crippen molar-refractivity contribution in [2.24, 2.45) is 5.92 Å². The minimum Gasteiger partial charge on any atom is -0.327 e. The van der Waals surface area contributed by atoms with Gasteiger partial charge >= 0.3 is 6.18 Å². The molecule has 0 unspecified atom stereocenters. The van der Waals surface area contributed by atoms with E-state index in [0.29, 0.717) is 28.4 Å². The first-order valence-corrected chi connectivity index (χ1v) is 11.6. The summed E-state index contributed by atoms with van der Waals surface area (Å²) in [6.45, 7) is 2.70. The Morgan fingerprint density at radius 3 is 2.52 bits per heavy atom. The summed E-state index contributed by atoms with van der Waals surface area (Å²) in [5.41, 5.74) is -0.0928. The second kappa shape index (κ2) is 8.24. The van der Waals surface area contributed by atoms with Crippen LogP contribution >= 0.6 is 11.6 Å². The Balaban J connectivity index is 1.71. The average molecular weight is 451 g/mol. The van der Waals surface area contributed by atoms with Gasteiger partial charge in [-0.25, -0.2) is 9.97 Å². The summed E-state index contributed by atoms with van der Waals surface area (Å²) < 4.78 is 44.1. The van der Waals surface area contributed by atoms with E-state index in [0.717, 1.165) is 63.9 Å². The van der Waals surface area contributed by atoms with E-state index in [2.05, 4.69) is 19.9 Å². The van der Waals surface area contributed by atoms with E-state index < -0.39 is 11.9 Å². The van der Waals surface area contributed by atoms with Crippen LogP contribution in [0, 0.1) is 5.92 Å². The maximum absolute atomic E-state index is 14.0. The number of hydrogen-bond donors (Lipinski definition) is 1.